The van der Waals surface area contributed by atoms with Gasteiger partial charge in [-0.1, -0.05) is 60.1 Å². The van der Waals surface area contributed by atoms with Crippen LogP contribution in [0.4, 0.5) is 11.4 Å². The van der Waals surface area contributed by atoms with E-state index in [0.717, 1.165) is 4.31 Å². The van der Waals surface area contributed by atoms with Gasteiger partial charge in [0, 0.05) is 12.7 Å². The summed E-state index contributed by atoms with van der Waals surface area (Å²) in [5.41, 5.74) is 0.923. The Balaban J connectivity index is 2.00. The molecule has 1 amide bonds. The fraction of sp³-hybridized carbons (Fsp3) is 0.0952. The van der Waals surface area contributed by atoms with Crippen LogP contribution >= 0.6 is 11.6 Å². The molecule has 0 bridgehead atoms. The number of hydrogen-bond acceptors (Lipinski definition) is 3. The molecule has 0 aromatic heterocycles. The van der Waals surface area contributed by atoms with Crippen LogP contribution in [0.25, 0.3) is 0 Å². The molecule has 3 aromatic rings. The molecule has 0 aliphatic rings. The summed E-state index contributed by atoms with van der Waals surface area (Å²) in [6.07, 6.45) is 0. The Labute approximate surface area is 169 Å². The molecule has 0 atom stereocenters. The zero-order valence-electron chi connectivity index (χ0n) is 15.2. The minimum absolute atomic E-state index is 0.0880. The third-order valence-corrected chi connectivity index (χ3v) is 6.34. The van der Waals surface area contributed by atoms with Crippen LogP contribution in [0.5, 0.6) is 0 Å². The van der Waals surface area contributed by atoms with E-state index in [2.05, 4.69) is 0 Å². The fourth-order valence-corrected chi connectivity index (χ4v) is 4.44. The number of benzene rings is 3. The van der Waals surface area contributed by atoms with E-state index in [1.165, 1.54) is 17.0 Å². The summed E-state index contributed by atoms with van der Waals surface area (Å²) >= 11 is 6.26. The molecule has 5 nitrogen and oxygen atoms in total. The molecule has 3 rings (SSSR count). The molecule has 0 saturated heterocycles. The largest absolute Gasteiger partial charge is 0.314 e. The molecule has 3 aromatic carbocycles. The molecular formula is C21H19ClN2O3S. The number of sulfonamides is 1. The van der Waals surface area contributed by atoms with Crippen molar-refractivity contribution >= 4 is 38.9 Å². The van der Waals surface area contributed by atoms with E-state index in [9.17, 15) is 13.2 Å². The molecule has 0 heterocycles. The maximum absolute atomic E-state index is 13.3. The van der Waals surface area contributed by atoms with Gasteiger partial charge in [0.15, 0.2) is 0 Å². The number of likely N-dealkylation sites (N-methyl/N-ethyl adjacent to an activating group) is 1. The Hall–Kier alpha value is -2.83. The van der Waals surface area contributed by atoms with Crippen molar-refractivity contribution in [3.05, 3.63) is 90.0 Å². The zero-order valence-corrected chi connectivity index (χ0v) is 16.8. The lowest BCUT2D eigenvalue weighted by atomic mass is 10.3. The monoisotopic (exact) mass is 414 g/mol. The maximum atomic E-state index is 13.3. The van der Waals surface area contributed by atoms with Crippen LogP contribution in [-0.2, 0) is 14.8 Å². The van der Waals surface area contributed by atoms with Crippen LogP contribution in [0.15, 0.2) is 89.8 Å². The van der Waals surface area contributed by atoms with Crippen LogP contribution in [0.2, 0.25) is 5.02 Å². The molecule has 0 saturated carbocycles. The van der Waals surface area contributed by atoms with Gasteiger partial charge in [-0.25, -0.2) is 8.42 Å². The topological polar surface area (TPSA) is 57.7 Å². The second-order valence-corrected chi connectivity index (χ2v) is 8.33. The molecule has 7 heteroatoms. The summed E-state index contributed by atoms with van der Waals surface area (Å²) in [5, 5.41) is 0.247. The summed E-state index contributed by atoms with van der Waals surface area (Å²) < 4.78 is 27.6. The zero-order chi connectivity index (χ0) is 20.1. The molecule has 0 fully saturated rings. The highest BCUT2D eigenvalue weighted by Crippen LogP contribution is 2.30. The lowest BCUT2D eigenvalue weighted by molar-refractivity contribution is -0.116. The van der Waals surface area contributed by atoms with Gasteiger partial charge in [0.1, 0.15) is 6.54 Å². The van der Waals surface area contributed by atoms with E-state index in [1.807, 2.05) is 18.2 Å². The van der Waals surface area contributed by atoms with Crippen molar-refractivity contribution in [2.75, 3.05) is 22.8 Å². The quantitative estimate of drug-likeness (QED) is 0.607. The number of carbonyl (C=O) groups excluding carboxylic acids is 1. The van der Waals surface area contributed by atoms with E-state index in [4.69, 9.17) is 11.6 Å². The normalized spacial score (nSPS) is 11.1. The summed E-state index contributed by atoms with van der Waals surface area (Å²) in [6.45, 7) is -0.383. The molecule has 0 N–H and O–H groups in total. The first-order valence-electron chi connectivity index (χ1n) is 8.55. The number of amides is 1. The van der Waals surface area contributed by atoms with Crippen LogP contribution in [0.1, 0.15) is 0 Å². The Bertz CT molecular complexity index is 1060. The molecule has 0 radical (unpaired) electrons. The Morgan fingerprint density at radius 1 is 0.857 bits per heavy atom. The number of rotatable bonds is 6. The Morgan fingerprint density at radius 3 is 2.00 bits per heavy atom. The van der Waals surface area contributed by atoms with E-state index in [-0.39, 0.29) is 28.1 Å². The average molecular weight is 415 g/mol. The summed E-state index contributed by atoms with van der Waals surface area (Å²) in [6, 6.07) is 23.6. The van der Waals surface area contributed by atoms with Crippen molar-refractivity contribution in [2.45, 2.75) is 4.90 Å². The fourth-order valence-electron chi connectivity index (χ4n) is 2.70. The first-order chi connectivity index (χ1) is 13.4. The third kappa shape index (κ3) is 4.18. The van der Waals surface area contributed by atoms with Gasteiger partial charge in [0.2, 0.25) is 5.91 Å². The highest BCUT2D eigenvalue weighted by molar-refractivity contribution is 7.92. The SMILES string of the molecule is CN(C(=O)CN(c1ccccc1Cl)S(=O)(=O)c1ccccc1)c1ccccc1. The van der Waals surface area contributed by atoms with Crippen molar-refractivity contribution in [3.63, 3.8) is 0 Å². The molecule has 0 aliphatic heterocycles. The van der Waals surface area contributed by atoms with Crippen LogP contribution in [0.3, 0.4) is 0 Å². The minimum atomic E-state index is -3.99. The van der Waals surface area contributed by atoms with Crippen molar-refractivity contribution in [2.24, 2.45) is 0 Å². The van der Waals surface area contributed by atoms with E-state index in [1.54, 1.807) is 61.6 Å². The lowest BCUT2D eigenvalue weighted by Gasteiger charge is -2.27. The van der Waals surface area contributed by atoms with Gasteiger partial charge in [-0.15, -0.1) is 0 Å². The standard InChI is InChI=1S/C21H19ClN2O3S/c1-23(17-10-4-2-5-11-17)21(25)16-24(20-15-9-8-14-19(20)22)28(26,27)18-12-6-3-7-13-18/h2-15H,16H2,1H3. The van der Waals surface area contributed by atoms with Gasteiger partial charge in [0.05, 0.1) is 15.6 Å². The van der Waals surface area contributed by atoms with Gasteiger partial charge in [-0.2, -0.15) is 0 Å². The summed E-state index contributed by atoms with van der Waals surface area (Å²) in [4.78, 5) is 14.4. The van der Waals surface area contributed by atoms with Crippen LogP contribution in [0, 0.1) is 0 Å². The number of carbonyl (C=O) groups is 1. The Kier molecular flexibility index (Phi) is 6.02. The van der Waals surface area contributed by atoms with E-state index < -0.39 is 10.0 Å². The number of hydrogen-bond donors (Lipinski definition) is 0. The Morgan fingerprint density at radius 2 is 1.39 bits per heavy atom. The highest BCUT2D eigenvalue weighted by atomic mass is 35.5. The molecule has 0 aliphatic carbocycles. The van der Waals surface area contributed by atoms with Gasteiger partial charge in [-0.05, 0) is 36.4 Å². The van der Waals surface area contributed by atoms with Crippen molar-refractivity contribution in [1.82, 2.24) is 0 Å². The van der Waals surface area contributed by atoms with Gasteiger partial charge >= 0.3 is 0 Å². The molecular weight excluding hydrogens is 396 g/mol. The molecule has 28 heavy (non-hydrogen) atoms. The number of halogens is 1. The lowest BCUT2D eigenvalue weighted by Crippen LogP contribution is -2.41. The van der Waals surface area contributed by atoms with Gasteiger partial charge in [-0.3, -0.25) is 9.10 Å². The number of para-hydroxylation sites is 2. The average Bonchev–Trinajstić information content (AvgIpc) is 2.73. The van der Waals surface area contributed by atoms with Crippen LogP contribution < -0.4 is 9.21 Å². The predicted molar refractivity (Wildman–Crippen MR) is 112 cm³/mol. The van der Waals surface area contributed by atoms with Gasteiger partial charge in [0.25, 0.3) is 10.0 Å². The van der Waals surface area contributed by atoms with Crippen molar-refractivity contribution in [3.8, 4) is 0 Å². The first-order valence-corrected chi connectivity index (χ1v) is 10.4. The van der Waals surface area contributed by atoms with Crippen molar-refractivity contribution in [1.29, 1.82) is 0 Å². The van der Waals surface area contributed by atoms with E-state index >= 15 is 0 Å². The molecule has 0 spiro atoms. The van der Waals surface area contributed by atoms with Crippen molar-refractivity contribution < 1.29 is 13.2 Å². The second-order valence-electron chi connectivity index (χ2n) is 6.06. The smallest absolute Gasteiger partial charge is 0.264 e. The highest BCUT2D eigenvalue weighted by Gasteiger charge is 2.29. The van der Waals surface area contributed by atoms with E-state index in [0.29, 0.717) is 5.69 Å². The number of anilines is 2. The first kappa shape index (κ1) is 19.9. The second kappa shape index (κ2) is 8.46. The summed E-state index contributed by atoms with van der Waals surface area (Å²) in [5.74, 6) is -0.384. The summed E-state index contributed by atoms with van der Waals surface area (Å²) in [7, 11) is -2.38. The molecule has 144 valence electrons. The predicted octanol–water partition coefficient (Wildman–Crippen LogP) is 4.20. The van der Waals surface area contributed by atoms with Crippen LogP contribution in [-0.4, -0.2) is 27.9 Å². The third-order valence-electron chi connectivity index (χ3n) is 4.25. The minimum Gasteiger partial charge on any atom is -0.314 e. The molecule has 0 unspecified atom stereocenters. The maximum Gasteiger partial charge on any atom is 0.264 e. The number of nitrogens with zero attached hydrogens (tertiary/aromatic N) is 2. The van der Waals surface area contributed by atoms with Gasteiger partial charge < -0.3 is 4.90 Å².